The van der Waals surface area contributed by atoms with E-state index in [0.29, 0.717) is 0 Å². The maximum Gasteiger partial charge on any atom is 0.313 e. The number of hydrogen-bond acceptors (Lipinski definition) is 3. The summed E-state index contributed by atoms with van der Waals surface area (Å²) in [7, 11) is -10.2. The molecule has 0 N–H and O–H groups in total. The molecule has 0 aliphatic rings. The van der Waals surface area contributed by atoms with E-state index in [1.165, 1.54) is 0 Å². The molecule has 2 unspecified atom stereocenters. The SMILES string of the molecule is C[Si](C)(O[Si](C)(C)O[Si](C)(Cl)c1ccccc1)O[Si](C)(Cl)c1ccccc1. The van der Waals surface area contributed by atoms with Crippen LogP contribution in [0.1, 0.15) is 0 Å². The fraction of sp³-hybridized carbons (Fsp3) is 0.333. The van der Waals surface area contributed by atoms with E-state index in [-0.39, 0.29) is 0 Å². The highest BCUT2D eigenvalue weighted by Crippen LogP contribution is 2.26. The zero-order chi connectivity index (χ0) is 20.3. The summed E-state index contributed by atoms with van der Waals surface area (Å²) in [5.41, 5.74) is 0. The van der Waals surface area contributed by atoms with E-state index < -0.39 is 32.4 Å². The van der Waals surface area contributed by atoms with Gasteiger partial charge < -0.3 is 12.3 Å². The largest absolute Gasteiger partial charge is 0.421 e. The van der Waals surface area contributed by atoms with Gasteiger partial charge >= 0.3 is 32.4 Å². The first-order valence-corrected chi connectivity index (χ1v) is 21.4. The van der Waals surface area contributed by atoms with Crippen molar-refractivity contribution in [2.75, 3.05) is 0 Å². The van der Waals surface area contributed by atoms with Crippen molar-refractivity contribution in [1.29, 1.82) is 0 Å². The summed E-state index contributed by atoms with van der Waals surface area (Å²) in [4.78, 5) is 0. The van der Waals surface area contributed by atoms with Crippen molar-refractivity contribution in [1.82, 2.24) is 0 Å². The lowest BCUT2D eigenvalue weighted by Crippen LogP contribution is -2.59. The summed E-state index contributed by atoms with van der Waals surface area (Å²) in [6.45, 7) is 12.1. The van der Waals surface area contributed by atoms with Crippen LogP contribution in [-0.4, -0.2) is 32.4 Å². The summed E-state index contributed by atoms with van der Waals surface area (Å²) >= 11 is 13.7. The second-order valence-corrected chi connectivity index (χ2v) is 24.9. The molecule has 148 valence electrons. The highest BCUT2D eigenvalue weighted by Gasteiger charge is 2.46. The predicted molar refractivity (Wildman–Crippen MR) is 125 cm³/mol. The van der Waals surface area contributed by atoms with Crippen LogP contribution in [0.2, 0.25) is 39.3 Å². The van der Waals surface area contributed by atoms with Crippen molar-refractivity contribution in [3.05, 3.63) is 60.7 Å². The van der Waals surface area contributed by atoms with Gasteiger partial charge in [-0.3, -0.25) is 0 Å². The van der Waals surface area contributed by atoms with Crippen molar-refractivity contribution < 1.29 is 12.3 Å². The van der Waals surface area contributed by atoms with E-state index >= 15 is 0 Å². The molecule has 2 aromatic carbocycles. The highest BCUT2D eigenvalue weighted by atomic mass is 35.6. The van der Waals surface area contributed by atoms with E-state index in [4.69, 9.17) is 34.5 Å². The second-order valence-electron chi connectivity index (χ2n) is 7.67. The lowest BCUT2D eigenvalue weighted by molar-refractivity contribution is 0.339. The fourth-order valence-electron chi connectivity index (χ4n) is 3.15. The lowest BCUT2D eigenvalue weighted by Gasteiger charge is -2.39. The minimum Gasteiger partial charge on any atom is -0.421 e. The molecular formula is C18H28Cl2O3Si4. The third-order valence-electron chi connectivity index (χ3n) is 3.95. The molecule has 0 saturated carbocycles. The molecule has 3 nitrogen and oxygen atoms in total. The molecule has 0 radical (unpaired) electrons. The van der Waals surface area contributed by atoms with Gasteiger partial charge in [-0.25, -0.2) is 0 Å². The van der Waals surface area contributed by atoms with Crippen molar-refractivity contribution in [3.63, 3.8) is 0 Å². The molecule has 0 saturated heterocycles. The van der Waals surface area contributed by atoms with Gasteiger partial charge in [0.05, 0.1) is 0 Å². The summed E-state index contributed by atoms with van der Waals surface area (Å²) in [6, 6.07) is 19.9. The fourth-order valence-corrected chi connectivity index (χ4v) is 23.0. The Morgan fingerprint density at radius 3 is 1.11 bits per heavy atom. The standard InChI is InChI=1S/C18H28Cl2O3Si4/c1-24(2,22-26(5,19)17-13-9-7-10-14-17)21-25(3,4)23-27(6,20)18-15-11-8-12-16-18/h7-16H,1-6H3. The molecule has 0 spiro atoms. The summed E-state index contributed by atoms with van der Waals surface area (Å²) in [5, 5.41) is 2.08. The second kappa shape index (κ2) is 8.64. The molecule has 0 heterocycles. The average Bonchev–Trinajstić information content (AvgIpc) is 2.53. The first kappa shape index (κ1) is 23.1. The third-order valence-corrected chi connectivity index (χ3v) is 20.3. The first-order valence-electron chi connectivity index (χ1n) is 8.92. The summed E-state index contributed by atoms with van der Waals surface area (Å²) < 4.78 is 19.3. The van der Waals surface area contributed by atoms with Crippen LogP contribution in [0.3, 0.4) is 0 Å². The smallest absolute Gasteiger partial charge is 0.313 e. The molecule has 27 heavy (non-hydrogen) atoms. The molecule has 0 amide bonds. The monoisotopic (exact) mass is 474 g/mol. The van der Waals surface area contributed by atoms with Gasteiger partial charge in [-0.05, 0) is 49.7 Å². The first-order chi connectivity index (χ1) is 12.3. The topological polar surface area (TPSA) is 27.7 Å². The molecule has 0 aliphatic carbocycles. The van der Waals surface area contributed by atoms with E-state index in [0.717, 1.165) is 10.4 Å². The quantitative estimate of drug-likeness (QED) is 0.403. The number of benzene rings is 2. The molecular weight excluding hydrogens is 447 g/mol. The molecule has 0 fully saturated rings. The minimum absolute atomic E-state index is 1.04. The minimum atomic E-state index is -2.58. The molecule has 0 aromatic heterocycles. The van der Waals surface area contributed by atoms with E-state index in [1.807, 2.05) is 99.9 Å². The zero-order valence-electron chi connectivity index (χ0n) is 16.8. The molecule has 2 rings (SSSR count). The van der Waals surface area contributed by atoms with Crippen molar-refractivity contribution in [2.24, 2.45) is 0 Å². The Bertz CT molecular complexity index is 677. The van der Waals surface area contributed by atoms with Crippen LogP contribution in [0.15, 0.2) is 60.7 Å². The van der Waals surface area contributed by atoms with E-state index in [1.54, 1.807) is 0 Å². The Hall–Kier alpha value is -0.232. The summed E-state index contributed by atoms with van der Waals surface area (Å²) in [6.07, 6.45) is 0. The Labute approximate surface area is 176 Å². The van der Waals surface area contributed by atoms with Crippen LogP contribution in [0.25, 0.3) is 0 Å². The Morgan fingerprint density at radius 2 is 0.815 bits per heavy atom. The normalized spacial score (nSPS) is 17.2. The van der Waals surface area contributed by atoms with Gasteiger partial charge in [0.25, 0.3) is 0 Å². The van der Waals surface area contributed by atoms with Gasteiger partial charge in [-0.1, -0.05) is 60.7 Å². The molecule has 2 atom stereocenters. The maximum atomic E-state index is 6.83. The van der Waals surface area contributed by atoms with Gasteiger partial charge in [0.2, 0.25) is 0 Å². The van der Waals surface area contributed by atoms with E-state index in [2.05, 4.69) is 0 Å². The van der Waals surface area contributed by atoms with Crippen molar-refractivity contribution >= 4 is 64.9 Å². The number of hydrogen-bond donors (Lipinski definition) is 0. The lowest BCUT2D eigenvalue weighted by atomic mass is 10.4. The van der Waals surface area contributed by atoms with Gasteiger partial charge in [-0.2, -0.15) is 0 Å². The Kier molecular flexibility index (Phi) is 7.38. The van der Waals surface area contributed by atoms with Crippen LogP contribution < -0.4 is 10.4 Å². The predicted octanol–water partition coefficient (Wildman–Crippen LogP) is 4.88. The number of halogens is 2. The Balaban J connectivity index is 2.11. The number of rotatable bonds is 8. The van der Waals surface area contributed by atoms with E-state index in [9.17, 15) is 0 Å². The van der Waals surface area contributed by atoms with Crippen LogP contribution in [-0.2, 0) is 12.3 Å². The highest BCUT2D eigenvalue weighted by molar-refractivity contribution is 7.26. The van der Waals surface area contributed by atoms with Crippen LogP contribution in [0, 0.1) is 0 Å². The van der Waals surface area contributed by atoms with Crippen LogP contribution in [0.4, 0.5) is 0 Å². The van der Waals surface area contributed by atoms with Gasteiger partial charge in [0.1, 0.15) is 0 Å². The molecule has 2 aromatic rings. The van der Waals surface area contributed by atoms with Crippen molar-refractivity contribution in [2.45, 2.75) is 39.3 Å². The average molecular weight is 476 g/mol. The van der Waals surface area contributed by atoms with Gasteiger partial charge in [0.15, 0.2) is 0 Å². The molecule has 0 aliphatic heterocycles. The van der Waals surface area contributed by atoms with Crippen molar-refractivity contribution in [3.8, 4) is 0 Å². The van der Waals surface area contributed by atoms with Crippen LogP contribution >= 0.6 is 22.2 Å². The maximum absolute atomic E-state index is 6.83. The molecule has 0 bridgehead atoms. The van der Waals surface area contributed by atoms with Gasteiger partial charge in [-0.15, -0.1) is 22.2 Å². The zero-order valence-corrected chi connectivity index (χ0v) is 22.3. The third kappa shape index (κ3) is 6.95. The molecule has 9 heteroatoms. The van der Waals surface area contributed by atoms with Crippen LogP contribution in [0.5, 0.6) is 0 Å². The Morgan fingerprint density at radius 1 is 0.519 bits per heavy atom. The van der Waals surface area contributed by atoms with Gasteiger partial charge in [0, 0.05) is 0 Å². The summed E-state index contributed by atoms with van der Waals surface area (Å²) in [5.74, 6) is 0.